The zero-order valence-electron chi connectivity index (χ0n) is 14.1. The van der Waals surface area contributed by atoms with E-state index in [1.165, 1.54) is 5.56 Å². The topological polar surface area (TPSA) is 64.9 Å². The summed E-state index contributed by atoms with van der Waals surface area (Å²) in [4.78, 5) is 0. The van der Waals surface area contributed by atoms with Gasteiger partial charge in [0.25, 0.3) is 0 Å². The fourth-order valence-electron chi connectivity index (χ4n) is 2.38. The van der Waals surface area contributed by atoms with Crippen LogP contribution >= 0.6 is 11.8 Å². The van der Waals surface area contributed by atoms with Crippen molar-refractivity contribution in [1.82, 2.24) is 25.5 Å². The molecule has 7 heteroatoms. The molecule has 0 atom stereocenters. The summed E-state index contributed by atoms with van der Waals surface area (Å²) < 4.78 is 7.01. The number of benzene rings is 2. The van der Waals surface area contributed by atoms with Gasteiger partial charge in [-0.15, -0.1) is 5.10 Å². The van der Waals surface area contributed by atoms with Gasteiger partial charge < -0.3 is 10.1 Å². The fourth-order valence-corrected chi connectivity index (χ4v) is 3.21. The Labute approximate surface area is 151 Å². The number of rotatable bonds is 9. The second kappa shape index (κ2) is 9.19. The van der Waals surface area contributed by atoms with Crippen LogP contribution in [0.4, 0.5) is 0 Å². The van der Waals surface area contributed by atoms with Crippen LogP contribution in [0.2, 0.25) is 0 Å². The lowest BCUT2D eigenvalue weighted by atomic mass is 10.2. The van der Waals surface area contributed by atoms with E-state index >= 15 is 0 Å². The SMILES string of the molecule is COc1cccc(CNCCCSc2nnnn2-c2ccccc2)c1. The van der Waals surface area contributed by atoms with Gasteiger partial charge in [0.2, 0.25) is 5.16 Å². The van der Waals surface area contributed by atoms with Crippen molar-refractivity contribution < 1.29 is 4.74 Å². The number of hydrogen-bond acceptors (Lipinski definition) is 6. The van der Waals surface area contributed by atoms with Crippen LogP contribution in [0.15, 0.2) is 59.8 Å². The van der Waals surface area contributed by atoms with Gasteiger partial charge in [0.1, 0.15) is 5.75 Å². The molecule has 0 aliphatic rings. The highest BCUT2D eigenvalue weighted by molar-refractivity contribution is 7.99. The van der Waals surface area contributed by atoms with Gasteiger partial charge in [-0.25, -0.2) is 0 Å². The van der Waals surface area contributed by atoms with E-state index in [0.29, 0.717) is 0 Å². The smallest absolute Gasteiger partial charge is 0.214 e. The molecule has 2 aromatic carbocycles. The third-order valence-electron chi connectivity index (χ3n) is 3.63. The van der Waals surface area contributed by atoms with Crippen molar-refractivity contribution in [3.63, 3.8) is 0 Å². The first-order chi connectivity index (χ1) is 12.4. The average Bonchev–Trinajstić information content (AvgIpc) is 3.14. The van der Waals surface area contributed by atoms with E-state index < -0.39 is 0 Å². The Balaban J connectivity index is 1.40. The molecule has 0 saturated heterocycles. The van der Waals surface area contributed by atoms with Crippen molar-refractivity contribution in [2.45, 2.75) is 18.1 Å². The van der Waals surface area contributed by atoms with Crippen LogP contribution in [0.1, 0.15) is 12.0 Å². The number of tetrazole rings is 1. The summed E-state index contributed by atoms with van der Waals surface area (Å²) >= 11 is 1.67. The van der Waals surface area contributed by atoms with E-state index in [-0.39, 0.29) is 0 Å². The molecular weight excluding hydrogens is 334 g/mol. The van der Waals surface area contributed by atoms with E-state index in [0.717, 1.165) is 41.9 Å². The Morgan fingerprint density at radius 3 is 2.84 bits per heavy atom. The number of thioether (sulfide) groups is 1. The van der Waals surface area contributed by atoms with Crippen LogP contribution in [0.3, 0.4) is 0 Å². The molecule has 0 amide bonds. The van der Waals surface area contributed by atoms with Crippen molar-refractivity contribution in [1.29, 1.82) is 0 Å². The molecule has 0 saturated carbocycles. The summed E-state index contributed by atoms with van der Waals surface area (Å²) in [7, 11) is 1.69. The largest absolute Gasteiger partial charge is 0.497 e. The highest BCUT2D eigenvalue weighted by Gasteiger charge is 2.07. The van der Waals surface area contributed by atoms with E-state index in [2.05, 4.69) is 33.0 Å². The molecule has 1 aromatic heterocycles. The molecule has 1 N–H and O–H groups in total. The third-order valence-corrected chi connectivity index (χ3v) is 4.64. The standard InChI is InChI=1S/C18H21N5OS/c1-24-17-10-5-7-15(13-17)14-19-11-6-12-25-18-20-21-22-23(18)16-8-3-2-4-9-16/h2-5,7-10,13,19H,6,11-12,14H2,1H3. The Morgan fingerprint density at radius 1 is 1.12 bits per heavy atom. The first-order valence-electron chi connectivity index (χ1n) is 8.17. The number of para-hydroxylation sites is 1. The molecule has 0 bridgehead atoms. The Kier molecular flexibility index (Phi) is 6.42. The minimum Gasteiger partial charge on any atom is -0.497 e. The van der Waals surface area contributed by atoms with Gasteiger partial charge in [-0.3, -0.25) is 0 Å². The summed E-state index contributed by atoms with van der Waals surface area (Å²) in [5.41, 5.74) is 2.20. The number of nitrogens with zero attached hydrogens (tertiary/aromatic N) is 4. The molecule has 6 nitrogen and oxygen atoms in total. The summed E-state index contributed by atoms with van der Waals surface area (Å²) in [6.07, 6.45) is 1.04. The van der Waals surface area contributed by atoms with Gasteiger partial charge in [-0.05, 0) is 53.2 Å². The molecular formula is C18H21N5OS. The van der Waals surface area contributed by atoms with E-state index in [9.17, 15) is 0 Å². The van der Waals surface area contributed by atoms with Crippen molar-refractivity contribution in [2.75, 3.05) is 19.4 Å². The lowest BCUT2D eigenvalue weighted by Crippen LogP contribution is -2.15. The Bertz CT molecular complexity index is 778. The third kappa shape index (κ3) is 5.04. The van der Waals surface area contributed by atoms with E-state index in [4.69, 9.17) is 4.74 Å². The van der Waals surface area contributed by atoms with Crippen molar-refractivity contribution in [2.24, 2.45) is 0 Å². The molecule has 130 valence electrons. The van der Waals surface area contributed by atoms with E-state index in [1.54, 1.807) is 23.6 Å². The van der Waals surface area contributed by atoms with Gasteiger partial charge in [-0.2, -0.15) is 4.68 Å². The summed E-state index contributed by atoms with van der Waals surface area (Å²) in [6.45, 7) is 1.78. The maximum absolute atomic E-state index is 5.24. The molecule has 0 aliphatic carbocycles. The van der Waals surface area contributed by atoms with Crippen molar-refractivity contribution >= 4 is 11.8 Å². The summed E-state index contributed by atoms with van der Waals surface area (Å²) in [5, 5.41) is 16.2. The summed E-state index contributed by atoms with van der Waals surface area (Å²) in [5.74, 6) is 1.85. The fraction of sp³-hybridized carbons (Fsp3) is 0.278. The molecule has 3 rings (SSSR count). The summed E-state index contributed by atoms with van der Waals surface area (Å²) in [6, 6.07) is 18.0. The minimum absolute atomic E-state index is 0.819. The predicted molar refractivity (Wildman–Crippen MR) is 99.2 cm³/mol. The normalized spacial score (nSPS) is 10.8. The van der Waals surface area contributed by atoms with Crippen LogP contribution in [-0.2, 0) is 6.54 Å². The van der Waals surface area contributed by atoms with Gasteiger partial charge in [0, 0.05) is 12.3 Å². The average molecular weight is 355 g/mol. The number of aromatic nitrogens is 4. The zero-order chi connectivity index (χ0) is 17.3. The van der Waals surface area contributed by atoms with Crippen LogP contribution in [0.5, 0.6) is 5.75 Å². The second-order valence-corrected chi connectivity index (χ2v) is 6.50. The second-order valence-electron chi connectivity index (χ2n) is 5.44. The van der Waals surface area contributed by atoms with Gasteiger partial charge >= 0.3 is 0 Å². The molecule has 0 radical (unpaired) electrons. The zero-order valence-corrected chi connectivity index (χ0v) is 14.9. The highest BCUT2D eigenvalue weighted by Crippen LogP contribution is 2.18. The molecule has 1 heterocycles. The Morgan fingerprint density at radius 2 is 2.00 bits per heavy atom. The maximum atomic E-state index is 5.24. The maximum Gasteiger partial charge on any atom is 0.214 e. The monoisotopic (exact) mass is 355 g/mol. The molecule has 0 unspecified atom stereocenters. The van der Waals surface area contributed by atoms with Gasteiger partial charge in [-0.1, -0.05) is 42.1 Å². The molecule has 0 aliphatic heterocycles. The Hall–Kier alpha value is -2.38. The number of ether oxygens (including phenoxy) is 1. The molecule has 25 heavy (non-hydrogen) atoms. The first-order valence-corrected chi connectivity index (χ1v) is 9.15. The highest BCUT2D eigenvalue weighted by atomic mass is 32.2. The van der Waals surface area contributed by atoms with Crippen LogP contribution in [0, 0.1) is 0 Å². The van der Waals surface area contributed by atoms with Gasteiger partial charge in [0.05, 0.1) is 12.8 Å². The molecule has 0 spiro atoms. The van der Waals surface area contributed by atoms with Crippen LogP contribution in [-0.4, -0.2) is 39.6 Å². The number of nitrogens with one attached hydrogen (secondary N) is 1. The minimum atomic E-state index is 0.819. The quantitative estimate of drug-likeness (QED) is 0.470. The van der Waals surface area contributed by atoms with Crippen molar-refractivity contribution in [3.05, 3.63) is 60.2 Å². The number of methoxy groups -OCH3 is 1. The van der Waals surface area contributed by atoms with E-state index in [1.807, 2.05) is 42.5 Å². The van der Waals surface area contributed by atoms with Crippen LogP contribution in [0.25, 0.3) is 5.69 Å². The molecule has 3 aromatic rings. The predicted octanol–water partition coefficient (Wildman–Crippen LogP) is 2.94. The van der Waals surface area contributed by atoms with Crippen molar-refractivity contribution in [3.8, 4) is 11.4 Å². The molecule has 0 fully saturated rings. The van der Waals surface area contributed by atoms with Crippen LogP contribution < -0.4 is 10.1 Å². The van der Waals surface area contributed by atoms with Gasteiger partial charge in [0.15, 0.2) is 0 Å². The lowest BCUT2D eigenvalue weighted by molar-refractivity contribution is 0.414. The lowest BCUT2D eigenvalue weighted by Gasteiger charge is -2.07. The number of hydrogen-bond donors (Lipinski definition) is 1. The first kappa shape index (κ1) is 17.4.